The maximum Gasteiger partial charge on any atom is 0.328 e. The number of aliphatic carboxylic acids is 1. The van der Waals surface area contributed by atoms with E-state index in [1.54, 1.807) is 23.0 Å². The van der Waals surface area contributed by atoms with Gasteiger partial charge in [0.05, 0.1) is 11.7 Å². The van der Waals surface area contributed by atoms with Crippen molar-refractivity contribution in [3.05, 3.63) is 63.2 Å². The van der Waals surface area contributed by atoms with Crippen LogP contribution in [-0.4, -0.2) is 67.0 Å². The molecule has 5 rings (SSSR count). The van der Waals surface area contributed by atoms with Gasteiger partial charge < -0.3 is 35.9 Å². The van der Waals surface area contributed by atoms with Crippen LogP contribution >= 0.6 is 23.1 Å². The summed E-state index contributed by atoms with van der Waals surface area (Å²) in [7, 11) is 1.25. The van der Waals surface area contributed by atoms with Gasteiger partial charge in [-0.05, 0) is 11.0 Å². The summed E-state index contributed by atoms with van der Waals surface area (Å²) in [5.41, 5.74) is 6.31. The molecule has 3 N–H and O–H groups in total. The van der Waals surface area contributed by atoms with Crippen LogP contribution in [0.5, 0.6) is 0 Å². The lowest BCUT2D eigenvalue weighted by molar-refractivity contribution is -0.688. The number of thioether (sulfide) groups is 1. The average molecular weight is 559 g/mol. The second-order valence-corrected chi connectivity index (χ2v) is 10.1. The molecule has 196 valence electrons. The fourth-order valence-corrected chi connectivity index (χ4v) is 6.13. The number of nitrogens with zero attached hydrogens (tertiary/aromatic N) is 6. The number of nitrogen functional groups attached to an aromatic ring is 1. The zero-order valence-electron chi connectivity index (χ0n) is 19.5. The molecule has 17 heteroatoms. The van der Waals surface area contributed by atoms with E-state index in [-0.39, 0.29) is 40.3 Å². The number of amides is 2. The quantitative estimate of drug-likeness (QED) is 0.109. The molecule has 38 heavy (non-hydrogen) atoms. The van der Waals surface area contributed by atoms with Crippen LogP contribution in [0.25, 0.3) is 5.52 Å². The Morgan fingerprint density at radius 3 is 2.87 bits per heavy atom. The van der Waals surface area contributed by atoms with Crippen molar-refractivity contribution in [3.63, 3.8) is 0 Å². The van der Waals surface area contributed by atoms with E-state index in [1.165, 1.54) is 40.9 Å². The number of β-lactam (4-membered cyclic amide) rings is 1. The van der Waals surface area contributed by atoms with Gasteiger partial charge >= 0.3 is 5.82 Å². The zero-order valence-corrected chi connectivity index (χ0v) is 21.1. The second kappa shape index (κ2) is 9.75. The highest BCUT2D eigenvalue weighted by molar-refractivity contribution is 8.00. The van der Waals surface area contributed by atoms with Gasteiger partial charge in [-0.25, -0.2) is 4.98 Å². The predicted octanol–water partition coefficient (Wildman–Crippen LogP) is -1.37. The van der Waals surface area contributed by atoms with Crippen LogP contribution in [0.3, 0.4) is 0 Å². The molecule has 2 aliphatic rings. The summed E-state index contributed by atoms with van der Waals surface area (Å²) in [6.45, 7) is 0.106. The third kappa shape index (κ3) is 4.30. The first-order chi connectivity index (χ1) is 18.2. The zero-order chi connectivity index (χ0) is 27.1. The van der Waals surface area contributed by atoms with Gasteiger partial charge in [0, 0.05) is 22.8 Å². The lowest BCUT2D eigenvalue weighted by atomic mass is 10.0. The van der Waals surface area contributed by atoms with Gasteiger partial charge in [0.2, 0.25) is 12.4 Å². The number of oxime groups is 1. The number of nitrogens with two attached hydrogens (primary N) is 1. The number of carbonyl (C=O) groups is 3. The highest BCUT2D eigenvalue weighted by atomic mass is 32.2. The Balaban J connectivity index is 1.36. The Morgan fingerprint density at radius 2 is 2.21 bits per heavy atom. The molecule has 0 aliphatic carbocycles. The smallest absolute Gasteiger partial charge is 0.328 e. The number of hydrogen-bond donors (Lipinski definition) is 2. The first-order valence-corrected chi connectivity index (χ1v) is 12.8. The fourth-order valence-electron chi connectivity index (χ4n) is 4.25. The summed E-state index contributed by atoms with van der Waals surface area (Å²) >= 11 is 2.38. The number of hydrogen-bond acceptors (Lipinski definition) is 12. The lowest BCUT2D eigenvalue weighted by Crippen LogP contribution is -2.71. The number of carboxylic acid groups (broad SMARTS) is 1. The van der Waals surface area contributed by atoms with Crippen molar-refractivity contribution in [2.45, 2.75) is 18.0 Å². The number of carbonyl (C=O) groups excluding carboxylic acids is 3. The Hall–Kier alpha value is -4.51. The predicted molar refractivity (Wildman–Crippen MR) is 131 cm³/mol. The Labute approximate surface area is 221 Å². The van der Waals surface area contributed by atoms with Gasteiger partial charge in [0.15, 0.2) is 29.1 Å². The normalized spacial score (nSPS) is 19.2. The monoisotopic (exact) mass is 558 g/mol. The highest BCUT2D eigenvalue weighted by Crippen LogP contribution is 2.40. The standard InChI is InChI=1S/C21H18N8O7S2/c1-36-25-14(12-9-38-21(22)23-12)17(30)24-15-18(31)28-16(20(32)33)10(8-37-19(15)28)6-26-4-5-27-11(7-26)2-3-13(27)29(34)35/h2-5,7,9,15,19H,6,8H2,1H3,(H3-,22,23,24,30,32,33)/b25-14-/t15-,19+/m1/s1. The SMILES string of the molecule is CO/N=C(\C(=O)N[C@@H]1C(=O)N2C(C(=O)[O-])=C(C[n+]3ccn4c([N+](=O)[O-])ccc4c3)CS[C@@H]12)c1csc(N)n1. The largest absolute Gasteiger partial charge is 0.543 e. The molecule has 1 saturated heterocycles. The van der Waals surface area contributed by atoms with Crippen LogP contribution in [0.2, 0.25) is 0 Å². The highest BCUT2D eigenvalue weighted by Gasteiger charge is 2.53. The number of rotatable bonds is 8. The Bertz CT molecular complexity index is 1560. The van der Waals surface area contributed by atoms with Crippen molar-refractivity contribution in [2.75, 3.05) is 18.6 Å². The first kappa shape index (κ1) is 25.2. The number of fused-ring (bicyclic) bond motifs is 2. The number of thiazole rings is 1. The molecule has 15 nitrogen and oxygen atoms in total. The van der Waals surface area contributed by atoms with Crippen molar-refractivity contribution >= 4 is 63.1 Å². The molecule has 0 radical (unpaired) electrons. The van der Waals surface area contributed by atoms with Crippen LogP contribution in [0.4, 0.5) is 10.9 Å². The van der Waals surface area contributed by atoms with Gasteiger partial charge in [0.1, 0.15) is 24.2 Å². The molecule has 2 amide bonds. The molecule has 2 aliphatic heterocycles. The van der Waals surface area contributed by atoms with Gasteiger partial charge in [0.25, 0.3) is 11.8 Å². The Morgan fingerprint density at radius 1 is 1.42 bits per heavy atom. The number of carboxylic acids is 1. The maximum absolute atomic E-state index is 13.0. The molecule has 3 aromatic heterocycles. The molecule has 5 heterocycles. The molecule has 0 unspecified atom stereocenters. The third-order valence-corrected chi connectivity index (χ3v) is 7.90. The van der Waals surface area contributed by atoms with Gasteiger partial charge in [-0.15, -0.1) is 23.1 Å². The number of nitro groups is 1. The van der Waals surface area contributed by atoms with Gasteiger partial charge in [-0.3, -0.25) is 14.5 Å². The Kier molecular flexibility index (Phi) is 6.45. The molecule has 0 saturated carbocycles. The second-order valence-electron chi connectivity index (χ2n) is 8.14. The molecule has 0 spiro atoms. The summed E-state index contributed by atoms with van der Waals surface area (Å²) in [5, 5.41) is 30.6. The van der Waals surface area contributed by atoms with Crippen LogP contribution in [0.1, 0.15) is 5.69 Å². The van der Waals surface area contributed by atoms with E-state index >= 15 is 0 Å². The average Bonchev–Trinajstić information content (AvgIpc) is 3.51. The molecular weight excluding hydrogens is 540 g/mol. The number of nitrogens with one attached hydrogen (secondary N) is 1. The molecule has 1 fully saturated rings. The summed E-state index contributed by atoms with van der Waals surface area (Å²) in [4.78, 5) is 58.4. The van der Waals surface area contributed by atoms with E-state index in [0.29, 0.717) is 11.1 Å². The summed E-state index contributed by atoms with van der Waals surface area (Å²) in [6.07, 6.45) is 4.70. The van der Waals surface area contributed by atoms with Crippen molar-refractivity contribution in [1.82, 2.24) is 19.6 Å². The van der Waals surface area contributed by atoms with Crippen LogP contribution in [-0.2, 0) is 25.8 Å². The van der Waals surface area contributed by atoms with Crippen molar-refractivity contribution in [2.24, 2.45) is 5.16 Å². The summed E-state index contributed by atoms with van der Waals surface area (Å²) in [5.74, 6) is -2.74. The summed E-state index contributed by atoms with van der Waals surface area (Å²) in [6, 6.07) is 1.93. The van der Waals surface area contributed by atoms with Crippen molar-refractivity contribution in [3.8, 4) is 0 Å². The molecular formula is C21H18N8O7S2. The number of aromatic nitrogens is 3. The van der Waals surface area contributed by atoms with Crippen LogP contribution in [0, 0.1) is 10.1 Å². The van der Waals surface area contributed by atoms with E-state index in [9.17, 15) is 29.6 Å². The number of anilines is 1. The molecule has 0 aromatic carbocycles. The van der Waals surface area contributed by atoms with Crippen LogP contribution in [0.15, 0.2) is 52.5 Å². The minimum absolute atomic E-state index is 0.103. The van der Waals surface area contributed by atoms with Crippen molar-refractivity contribution in [1.29, 1.82) is 0 Å². The fraction of sp³-hybridized carbons (Fsp3) is 0.238. The topological polar surface area (TPSA) is 201 Å². The van der Waals surface area contributed by atoms with E-state index < -0.39 is 34.1 Å². The molecule has 0 bridgehead atoms. The summed E-state index contributed by atoms with van der Waals surface area (Å²) < 4.78 is 3.05. The maximum atomic E-state index is 13.0. The molecule has 2 atom stereocenters. The van der Waals surface area contributed by atoms with Crippen LogP contribution < -0.4 is 20.7 Å². The van der Waals surface area contributed by atoms with E-state index in [2.05, 4.69) is 15.5 Å². The van der Waals surface area contributed by atoms with Crippen molar-refractivity contribution < 1.29 is 33.8 Å². The minimum atomic E-state index is -1.52. The minimum Gasteiger partial charge on any atom is -0.543 e. The molecule has 3 aromatic rings. The van der Waals surface area contributed by atoms with Gasteiger partial charge in [-0.1, -0.05) is 5.16 Å². The van der Waals surface area contributed by atoms with Gasteiger partial charge in [-0.2, -0.15) is 8.97 Å². The van der Waals surface area contributed by atoms with E-state index in [0.717, 1.165) is 16.2 Å². The van der Waals surface area contributed by atoms with E-state index in [4.69, 9.17) is 10.6 Å². The lowest BCUT2D eigenvalue weighted by Gasteiger charge is -2.50. The van der Waals surface area contributed by atoms with E-state index in [1.807, 2.05) is 0 Å². The third-order valence-electron chi connectivity index (χ3n) is 5.88. The first-order valence-electron chi connectivity index (χ1n) is 10.9.